The summed E-state index contributed by atoms with van der Waals surface area (Å²) < 4.78 is 98.7. The molecule has 15 heteroatoms. The van der Waals surface area contributed by atoms with Crippen LogP contribution in [0.3, 0.4) is 0 Å². The third kappa shape index (κ3) is 7.29. The Hall–Kier alpha value is -3.90. The van der Waals surface area contributed by atoms with Crippen LogP contribution in [0.4, 0.5) is 27.6 Å². The number of alkyl halides is 5. The second-order valence-electron chi connectivity index (χ2n) is 9.98. The predicted molar refractivity (Wildman–Crippen MR) is 146 cm³/mol. The summed E-state index contributed by atoms with van der Waals surface area (Å²) in [6, 6.07) is 5.38. The maximum Gasteiger partial charge on any atom is 0.406 e. The van der Waals surface area contributed by atoms with E-state index in [4.69, 9.17) is 4.74 Å². The molecule has 1 aliphatic heterocycles. The van der Waals surface area contributed by atoms with Gasteiger partial charge in [-0.2, -0.15) is 13.2 Å². The second kappa shape index (κ2) is 11.8. The van der Waals surface area contributed by atoms with Gasteiger partial charge in [0.15, 0.2) is 9.84 Å². The molecule has 0 spiro atoms. The summed E-state index contributed by atoms with van der Waals surface area (Å²) in [4.78, 5) is 18.7. The molecule has 1 atom stereocenters. The Morgan fingerprint density at radius 1 is 1.24 bits per heavy atom. The van der Waals surface area contributed by atoms with Crippen molar-refractivity contribution in [3.63, 3.8) is 0 Å². The lowest BCUT2D eigenvalue weighted by Crippen LogP contribution is -2.57. The molecule has 2 N–H and O–H groups in total. The topological polar surface area (TPSA) is 106 Å². The Kier molecular flexibility index (Phi) is 8.70. The predicted octanol–water partition coefficient (Wildman–Crippen LogP) is 3.54. The van der Waals surface area contributed by atoms with Crippen LogP contribution in [0.5, 0.6) is 5.75 Å². The zero-order valence-corrected chi connectivity index (χ0v) is 23.7. The van der Waals surface area contributed by atoms with Crippen LogP contribution < -0.4 is 15.4 Å². The number of nitrogens with one attached hydrogen (secondary N) is 2. The molecule has 226 valence electrons. The number of ether oxygens (including phenoxy) is 1. The summed E-state index contributed by atoms with van der Waals surface area (Å²) in [6.07, 6.45) is -2.62. The molecule has 0 saturated carbocycles. The highest BCUT2D eigenvalue weighted by Gasteiger charge is 2.44. The molecule has 1 amide bonds. The van der Waals surface area contributed by atoms with Gasteiger partial charge >= 0.3 is 6.18 Å². The maximum absolute atomic E-state index is 14.6. The lowest BCUT2D eigenvalue weighted by atomic mass is 10.00. The highest BCUT2D eigenvalue weighted by Crippen LogP contribution is 2.29. The highest BCUT2D eigenvalue weighted by atomic mass is 32.2. The molecular formula is C27H28F5N5O4S. The van der Waals surface area contributed by atoms with Gasteiger partial charge in [-0.1, -0.05) is 11.8 Å². The number of piperidine rings is 1. The van der Waals surface area contributed by atoms with Gasteiger partial charge in [0.25, 0.3) is 11.8 Å². The van der Waals surface area contributed by atoms with E-state index in [2.05, 4.69) is 27.5 Å². The molecule has 0 aliphatic carbocycles. The van der Waals surface area contributed by atoms with Gasteiger partial charge in [-0.15, -0.1) is 0 Å². The summed E-state index contributed by atoms with van der Waals surface area (Å²) >= 11 is 0. The Morgan fingerprint density at radius 2 is 1.98 bits per heavy atom. The van der Waals surface area contributed by atoms with Crippen LogP contribution in [0.1, 0.15) is 22.3 Å². The molecule has 9 nitrogen and oxygen atoms in total. The zero-order valence-electron chi connectivity index (χ0n) is 22.8. The lowest BCUT2D eigenvalue weighted by molar-refractivity contribution is -0.140. The van der Waals surface area contributed by atoms with E-state index < -0.39 is 47.0 Å². The van der Waals surface area contributed by atoms with Gasteiger partial charge in [0, 0.05) is 18.4 Å². The standard InChI is InChI=1S/C27H28F5N5O4S/c1-36-10-8-23(26(28,29)14-36)35-25(38)19-11-17(12-21-24(19)34-16-37(21)15-27(30,31)32)5-4-9-33-20-13-18(42(3,39)40)6-7-22(20)41-2/h6-7,11-13,16,23,33H,8-10,14-15H2,1-3H3,(H,35,38). The molecule has 1 fully saturated rings. The molecule has 0 bridgehead atoms. The quantitative estimate of drug-likeness (QED) is 0.310. The Balaban J connectivity index is 1.65. The average molecular weight is 614 g/mol. The van der Waals surface area contributed by atoms with Crippen LogP contribution in [0.15, 0.2) is 41.6 Å². The first-order valence-electron chi connectivity index (χ1n) is 12.6. The number of hydrogen-bond acceptors (Lipinski definition) is 7. The van der Waals surface area contributed by atoms with E-state index in [9.17, 15) is 35.2 Å². The number of anilines is 1. The summed E-state index contributed by atoms with van der Waals surface area (Å²) in [5, 5.41) is 5.26. The van der Waals surface area contributed by atoms with Crippen molar-refractivity contribution in [3.8, 4) is 17.6 Å². The van der Waals surface area contributed by atoms with E-state index in [0.717, 1.165) is 17.2 Å². The van der Waals surface area contributed by atoms with Gasteiger partial charge in [-0.05, 0) is 43.8 Å². The number of carbonyl (C=O) groups excluding carboxylic acids is 1. The number of methoxy groups -OCH3 is 1. The number of halogens is 5. The molecule has 3 aromatic rings. The van der Waals surface area contributed by atoms with Crippen molar-refractivity contribution in [1.29, 1.82) is 0 Å². The molecule has 0 radical (unpaired) electrons. The lowest BCUT2D eigenvalue weighted by Gasteiger charge is -2.36. The van der Waals surface area contributed by atoms with Crippen LogP contribution in [-0.4, -0.2) is 87.0 Å². The summed E-state index contributed by atoms with van der Waals surface area (Å²) in [5.74, 6) is 1.77. The number of aromatic nitrogens is 2. The van der Waals surface area contributed by atoms with Gasteiger partial charge in [-0.25, -0.2) is 22.2 Å². The van der Waals surface area contributed by atoms with Crippen molar-refractivity contribution in [2.75, 3.05) is 45.4 Å². The van der Waals surface area contributed by atoms with Crippen molar-refractivity contribution < 1.29 is 39.9 Å². The van der Waals surface area contributed by atoms with E-state index in [1.807, 2.05) is 0 Å². The number of benzene rings is 2. The molecule has 4 rings (SSSR count). The fourth-order valence-electron chi connectivity index (χ4n) is 4.59. The number of carbonyl (C=O) groups is 1. The molecule has 1 unspecified atom stereocenters. The Bertz CT molecular complexity index is 1660. The molecule has 1 aromatic heterocycles. The van der Waals surface area contributed by atoms with Crippen molar-refractivity contribution in [1.82, 2.24) is 19.8 Å². The van der Waals surface area contributed by atoms with Gasteiger partial charge < -0.3 is 24.8 Å². The Labute approximate surface area is 238 Å². The molecule has 1 aliphatic rings. The van der Waals surface area contributed by atoms with Crippen molar-refractivity contribution in [2.24, 2.45) is 0 Å². The number of rotatable bonds is 7. The minimum absolute atomic E-state index is 0.0178. The minimum atomic E-state index is -4.59. The normalized spacial score (nSPS) is 17.4. The minimum Gasteiger partial charge on any atom is -0.495 e. The molecular weight excluding hydrogens is 585 g/mol. The number of imidazole rings is 1. The fraction of sp³-hybridized carbons (Fsp3) is 0.407. The van der Waals surface area contributed by atoms with Gasteiger partial charge in [0.2, 0.25) is 0 Å². The number of nitrogens with zero attached hydrogens (tertiary/aromatic N) is 3. The number of hydrogen-bond donors (Lipinski definition) is 2. The summed E-state index contributed by atoms with van der Waals surface area (Å²) in [5.41, 5.74) is 0.162. The number of fused-ring (bicyclic) bond motifs is 1. The maximum atomic E-state index is 14.6. The van der Waals surface area contributed by atoms with Crippen LogP contribution >= 0.6 is 0 Å². The highest BCUT2D eigenvalue weighted by molar-refractivity contribution is 7.90. The number of sulfone groups is 1. The molecule has 2 heterocycles. The van der Waals surface area contributed by atoms with Crippen molar-refractivity contribution in [2.45, 2.75) is 36.0 Å². The molecule has 1 saturated heterocycles. The smallest absolute Gasteiger partial charge is 0.406 e. The SMILES string of the molecule is COc1ccc(S(C)(=O)=O)cc1NCC#Cc1cc(C(=O)NC2CCN(C)CC2(F)F)c2ncn(CC(F)(F)F)c2c1. The van der Waals surface area contributed by atoms with Gasteiger partial charge in [0.05, 0.1) is 54.2 Å². The van der Waals surface area contributed by atoms with E-state index in [0.29, 0.717) is 18.0 Å². The van der Waals surface area contributed by atoms with E-state index >= 15 is 0 Å². The number of likely N-dealkylation sites (tertiary alicyclic amines) is 1. The van der Waals surface area contributed by atoms with Crippen LogP contribution in [-0.2, 0) is 16.4 Å². The molecule has 42 heavy (non-hydrogen) atoms. The Morgan fingerprint density at radius 3 is 2.62 bits per heavy atom. The van der Waals surface area contributed by atoms with Crippen LogP contribution in [0.25, 0.3) is 11.0 Å². The average Bonchev–Trinajstić information content (AvgIpc) is 3.27. The monoisotopic (exact) mass is 613 g/mol. The number of amides is 1. The third-order valence-corrected chi connectivity index (χ3v) is 7.72. The largest absolute Gasteiger partial charge is 0.495 e. The fourth-order valence-corrected chi connectivity index (χ4v) is 5.24. The second-order valence-corrected chi connectivity index (χ2v) is 12.0. The summed E-state index contributed by atoms with van der Waals surface area (Å²) in [6.45, 7) is -1.64. The van der Waals surface area contributed by atoms with Gasteiger partial charge in [-0.3, -0.25) is 4.79 Å². The zero-order chi connectivity index (χ0) is 30.9. The molecule has 2 aromatic carbocycles. The van der Waals surface area contributed by atoms with Crippen LogP contribution in [0.2, 0.25) is 0 Å². The first-order chi connectivity index (χ1) is 19.6. The van der Waals surface area contributed by atoms with E-state index in [1.54, 1.807) is 0 Å². The van der Waals surface area contributed by atoms with Crippen molar-refractivity contribution in [3.05, 3.63) is 47.8 Å². The third-order valence-electron chi connectivity index (χ3n) is 6.61. The van der Waals surface area contributed by atoms with E-state index in [1.165, 1.54) is 49.4 Å². The first-order valence-corrected chi connectivity index (χ1v) is 14.5. The van der Waals surface area contributed by atoms with E-state index in [-0.39, 0.29) is 40.0 Å². The van der Waals surface area contributed by atoms with Crippen molar-refractivity contribution >= 4 is 32.5 Å². The van der Waals surface area contributed by atoms with Gasteiger partial charge in [0.1, 0.15) is 17.8 Å². The summed E-state index contributed by atoms with van der Waals surface area (Å²) in [7, 11) is -0.555. The first kappa shape index (κ1) is 31.0. The van der Waals surface area contributed by atoms with Crippen LogP contribution in [0, 0.1) is 11.8 Å².